The van der Waals surface area contributed by atoms with E-state index >= 15 is 0 Å². The van der Waals surface area contributed by atoms with Gasteiger partial charge in [-0.25, -0.2) is 0 Å². The Morgan fingerprint density at radius 1 is 1.44 bits per heavy atom. The molecule has 0 saturated heterocycles. The van der Waals surface area contributed by atoms with E-state index in [1.54, 1.807) is 0 Å². The normalized spacial score (nSPS) is 5.44. The molecule has 48 valence electrons. The number of carbonyl (C=O) groups is 1. The molecule has 0 spiro atoms. The molecule has 0 aromatic rings. The predicted molar refractivity (Wildman–Crippen MR) is 21.0 cm³/mol. The third-order valence-electron chi connectivity index (χ3n) is 0. The SMILES string of the molecule is CC(=O)[O-].O=[N+]([O-])[O-].[Zn+2]. The van der Waals surface area contributed by atoms with Crippen LogP contribution in [-0.4, -0.2) is 11.1 Å². The fourth-order valence-corrected chi connectivity index (χ4v) is 0. The van der Waals surface area contributed by atoms with Gasteiger partial charge in [0.2, 0.25) is 0 Å². The molecule has 0 aliphatic heterocycles. The number of hydrogen-bond acceptors (Lipinski definition) is 5. The molecule has 0 aliphatic rings. The molecule has 0 aromatic carbocycles. The van der Waals surface area contributed by atoms with Crippen molar-refractivity contribution in [2.45, 2.75) is 6.92 Å². The summed E-state index contributed by atoms with van der Waals surface area (Å²) in [5.74, 6) is -1.08. The summed E-state index contributed by atoms with van der Waals surface area (Å²) < 4.78 is 0. The molecule has 6 nitrogen and oxygen atoms in total. The van der Waals surface area contributed by atoms with Gasteiger partial charge in [-0.15, -0.1) is 0 Å². The van der Waals surface area contributed by atoms with E-state index in [2.05, 4.69) is 0 Å². The van der Waals surface area contributed by atoms with Gasteiger partial charge in [-0.3, -0.25) is 0 Å². The van der Waals surface area contributed by atoms with Crippen LogP contribution < -0.4 is 5.11 Å². The zero-order chi connectivity index (χ0) is 7.15. The van der Waals surface area contributed by atoms with Crippen molar-refractivity contribution in [1.82, 2.24) is 0 Å². The van der Waals surface area contributed by atoms with Gasteiger partial charge in [0.05, 0.1) is 5.09 Å². The summed E-state index contributed by atoms with van der Waals surface area (Å²) in [7, 11) is 0. The molecular weight excluding hydrogens is 183 g/mol. The first-order chi connectivity index (χ1) is 3.46. The van der Waals surface area contributed by atoms with E-state index in [1.165, 1.54) is 0 Å². The molecule has 0 amide bonds. The first-order valence-corrected chi connectivity index (χ1v) is 1.46. The van der Waals surface area contributed by atoms with Crippen LogP contribution >= 0.6 is 0 Å². The van der Waals surface area contributed by atoms with Crippen molar-refractivity contribution in [3.8, 4) is 0 Å². The van der Waals surface area contributed by atoms with Crippen molar-refractivity contribution >= 4 is 5.97 Å². The van der Waals surface area contributed by atoms with Gasteiger partial charge in [0.25, 0.3) is 0 Å². The summed E-state index contributed by atoms with van der Waals surface area (Å²) in [6.45, 7) is 0.972. The molecule has 0 bridgehead atoms. The monoisotopic (exact) mass is 185 g/mol. The minimum Gasteiger partial charge on any atom is -0.550 e. The van der Waals surface area contributed by atoms with Gasteiger partial charge in [-0.1, -0.05) is 0 Å². The molecule has 0 atom stereocenters. The average Bonchev–Trinajstić information content (AvgIpc) is 1.25. The minimum absolute atomic E-state index is 0. The first-order valence-electron chi connectivity index (χ1n) is 1.46. The number of nitrogens with zero attached hydrogens (tertiary/aromatic N) is 1. The van der Waals surface area contributed by atoms with E-state index in [0.717, 1.165) is 6.92 Å². The van der Waals surface area contributed by atoms with Crippen LogP contribution in [0.4, 0.5) is 0 Å². The maximum absolute atomic E-state index is 8.89. The summed E-state index contributed by atoms with van der Waals surface area (Å²) in [6.07, 6.45) is 0. The molecule has 7 heteroatoms. The standard InChI is InChI=1S/C2H4O2.NO3.Zn/c1-2(3)4;2-1(3)4;/h1H3,(H,3,4);;/q;-1;+2/p-1. The Labute approximate surface area is 63.4 Å². The molecule has 0 N–H and O–H groups in total. The van der Waals surface area contributed by atoms with E-state index in [9.17, 15) is 0 Å². The summed E-state index contributed by atoms with van der Waals surface area (Å²) in [6, 6.07) is 0. The number of carboxylic acid groups (broad SMARTS) is 1. The van der Waals surface area contributed by atoms with E-state index in [-0.39, 0.29) is 19.5 Å². The number of aliphatic carboxylic acids is 1. The van der Waals surface area contributed by atoms with Crippen LogP contribution in [0, 0.1) is 15.3 Å². The minimum atomic E-state index is -1.75. The number of rotatable bonds is 0. The fraction of sp³-hybridized carbons (Fsp3) is 0.500. The Balaban J connectivity index is -0.0000000720. The van der Waals surface area contributed by atoms with Crippen molar-refractivity contribution < 1.29 is 34.5 Å². The largest absolute Gasteiger partial charge is 2.00 e. The maximum Gasteiger partial charge on any atom is 2.00 e. The van der Waals surface area contributed by atoms with Crippen molar-refractivity contribution in [3.05, 3.63) is 15.3 Å². The Hall–Kier alpha value is -0.707. The molecule has 9 heavy (non-hydrogen) atoms. The van der Waals surface area contributed by atoms with Gasteiger partial charge in [-0.05, 0) is 6.92 Å². The van der Waals surface area contributed by atoms with Crippen LogP contribution in [-0.2, 0) is 24.3 Å². The summed E-state index contributed by atoms with van der Waals surface area (Å²) in [5, 5.41) is 23.6. The zero-order valence-corrected chi connectivity index (χ0v) is 7.66. The smallest absolute Gasteiger partial charge is 0.550 e. The van der Waals surface area contributed by atoms with E-state index in [4.69, 9.17) is 25.2 Å². The van der Waals surface area contributed by atoms with E-state index < -0.39 is 11.1 Å². The van der Waals surface area contributed by atoms with Gasteiger partial charge in [0.1, 0.15) is 0 Å². The van der Waals surface area contributed by atoms with Crippen molar-refractivity contribution in [2.75, 3.05) is 0 Å². The third kappa shape index (κ3) is 409. The van der Waals surface area contributed by atoms with Crippen LogP contribution in [0.2, 0.25) is 0 Å². The molecule has 0 saturated carbocycles. The Morgan fingerprint density at radius 3 is 1.44 bits per heavy atom. The average molecular weight is 186 g/mol. The maximum atomic E-state index is 8.89. The molecule has 0 unspecified atom stereocenters. The number of carboxylic acids is 1. The summed E-state index contributed by atoms with van der Waals surface area (Å²) in [5.41, 5.74) is 0. The van der Waals surface area contributed by atoms with Gasteiger partial charge in [0, 0.05) is 5.97 Å². The molecule has 0 heterocycles. The summed E-state index contributed by atoms with van der Waals surface area (Å²) in [4.78, 5) is 17.1. The molecular formula is C2H3NO5Zn. The molecule has 0 aliphatic carbocycles. The number of carbonyl (C=O) groups excluding carboxylic acids is 1. The van der Waals surface area contributed by atoms with Crippen molar-refractivity contribution in [2.24, 2.45) is 0 Å². The van der Waals surface area contributed by atoms with Crippen molar-refractivity contribution in [1.29, 1.82) is 0 Å². The third-order valence-corrected chi connectivity index (χ3v) is 0. The van der Waals surface area contributed by atoms with Gasteiger partial charge in [-0.2, -0.15) is 0 Å². The van der Waals surface area contributed by atoms with E-state index in [1.807, 2.05) is 0 Å². The fourth-order valence-electron chi connectivity index (χ4n) is 0. The van der Waals surface area contributed by atoms with Crippen molar-refractivity contribution in [3.63, 3.8) is 0 Å². The van der Waals surface area contributed by atoms with Crippen LogP contribution in [0.25, 0.3) is 0 Å². The topological polar surface area (TPSA) is 106 Å². The van der Waals surface area contributed by atoms with Gasteiger partial charge >= 0.3 is 19.5 Å². The van der Waals surface area contributed by atoms with Gasteiger partial charge in [0.15, 0.2) is 0 Å². The number of hydrogen-bond donors (Lipinski definition) is 0. The Kier molecular flexibility index (Phi) is 18.0. The van der Waals surface area contributed by atoms with Gasteiger partial charge < -0.3 is 25.2 Å². The predicted octanol–water partition coefficient (Wildman–Crippen LogP) is -1.49. The first kappa shape index (κ1) is 15.7. The second-order valence-corrected chi connectivity index (χ2v) is 0.715. The zero-order valence-electron chi connectivity index (χ0n) is 4.70. The van der Waals surface area contributed by atoms with Crippen LogP contribution in [0.5, 0.6) is 0 Å². The molecule has 0 radical (unpaired) electrons. The second-order valence-electron chi connectivity index (χ2n) is 0.715. The second kappa shape index (κ2) is 10.3. The molecule has 0 aromatic heterocycles. The van der Waals surface area contributed by atoms with Crippen LogP contribution in [0.3, 0.4) is 0 Å². The van der Waals surface area contributed by atoms with Crippen LogP contribution in [0.1, 0.15) is 6.92 Å². The molecule has 0 rings (SSSR count). The Bertz CT molecular complexity index is 73.0. The summed E-state index contributed by atoms with van der Waals surface area (Å²) >= 11 is 0. The van der Waals surface area contributed by atoms with E-state index in [0.29, 0.717) is 0 Å². The van der Waals surface area contributed by atoms with Crippen LogP contribution in [0.15, 0.2) is 0 Å². The quantitative estimate of drug-likeness (QED) is 0.260. The Morgan fingerprint density at radius 2 is 1.44 bits per heavy atom. The molecule has 0 fully saturated rings.